The van der Waals surface area contributed by atoms with Gasteiger partial charge in [-0.1, -0.05) is 54.6 Å². The second kappa shape index (κ2) is 11.3. The molecule has 0 spiro atoms. The average molecular weight is 609 g/mol. The Hall–Kier alpha value is -5.00. The summed E-state index contributed by atoms with van der Waals surface area (Å²) in [6.07, 6.45) is 2.05. The Labute approximate surface area is 253 Å². The quantitative estimate of drug-likeness (QED) is 0.149. The summed E-state index contributed by atoms with van der Waals surface area (Å²) in [6, 6.07) is 23.3. The van der Waals surface area contributed by atoms with Crippen molar-refractivity contribution < 1.29 is 23.4 Å². The normalized spacial score (nSPS) is 11.3. The SMILES string of the molecule is COc1cc(OCc2cccc(CC(=O)c3csc(-c4ccccc4)n3)c2)c2cc(-c3cn4nc(OC)sc4n3)oc2c1. The van der Waals surface area contributed by atoms with Crippen LogP contribution in [0.25, 0.3) is 38.0 Å². The molecule has 9 nitrogen and oxygen atoms in total. The molecule has 4 heterocycles. The number of furan rings is 1. The average Bonchev–Trinajstić information content (AvgIpc) is 3.83. The highest BCUT2D eigenvalue weighted by molar-refractivity contribution is 7.18. The number of carbonyl (C=O) groups excluding carboxylic acids is 1. The summed E-state index contributed by atoms with van der Waals surface area (Å²) in [7, 11) is 3.18. The number of methoxy groups -OCH3 is 2. The smallest absolute Gasteiger partial charge is 0.294 e. The molecule has 214 valence electrons. The summed E-state index contributed by atoms with van der Waals surface area (Å²) in [4.78, 5) is 22.9. The zero-order chi connectivity index (χ0) is 29.3. The fourth-order valence-corrected chi connectivity index (χ4v) is 6.24. The molecule has 0 aliphatic rings. The van der Waals surface area contributed by atoms with Gasteiger partial charge < -0.3 is 18.6 Å². The highest BCUT2D eigenvalue weighted by Gasteiger charge is 2.18. The summed E-state index contributed by atoms with van der Waals surface area (Å²) in [5.74, 6) is 1.79. The predicted octanol–water partition coefficient (Wildman–Crippen LogP) is 7.35. The summed E-state index contributed by atoms with van der Waals surface area (Å²) < 4.78 is 24.8. The van der Waals surface area contributed by atoms with Crippen molar-refractivity contribution in [3.8, 4) is 38.7 Å². The van der Waals surface area contributed by atoms with E-state index in [1.807, 2.05) is 78.2 Å². The van der Waals surface area contributed by atoms with Crippen LogP contribution in [-0.2, 0) is 13.0 Å². The number of benzene rings is 3. The van der Waals surface area contributed by atoms with E-state index in [1.165, 1.54) is 22.7 Å². The van der Waals surface area contributed by atoms with Gasteiger partial charge in [0, 0.05) is 29.5 Å². The highest BCUT2D eigenvalue weighted by atomic mass is 32.1. The lowest BCUT2D eigenvalue weighted by Gasteiger charge is -2.10. The van der Waals surface area contributed by atoms with Gasteiger partial charge in [0.2, 0.25) is 4.96 Å². The monoisotopic (exact) mass is 608 g/mol. The van der Waals surface area contributed by atoms with Crippen LogP contribution in [0.1, 0.15) is 21.6 Å². The molecule has 4 aromatic heterocycles. The molecule has 7 aromatic rings. The molecule has 43 heavy (non-hydrogen) atoms. The van der Waals surface area contributed by atoms with Crippen LogP contribution < -0.4 is 14.2 Å². The summed E-state index contributed by atoms with van der Waals surface area (Å²) in [5, 5.41) is 8.32. The zero-order valence-corrected chi connectivity index (χ0v) is 24.8. The fourth-order valence-electron chi connectivity index (χ4n) is 4.71. The molecular formula is C32H24N4O5S2. The molecule has 0 fully saturated rings. The van der Waals surface area contributed by atoms with E-state index in [2.05, 4.69) is 15.1 Å². The van der Waals surface area contributed by atoms with Crippen molar-refractivity contribution in [3.05, 3.63) is 101 Å². The van der Waals surface area contributed by atoms with Crippen LogP contribution in [-0.4, -0.2) is 39.6 Å². The Kier molecular flexibility index (Phi) is 7.09. The molecule has 0 saturated carbocycles. The first-order chi connectivity index (χ1) is 21.1. The maximum absolute atomic E-state index is 13.0. The van der Waals surface area contributed by atoms with E-state index >= 15 is 0 Å². The number of nitrogens with zero attached hydrogens (tertiary/aromatic N) is 4. The lowest BCUT2D eigenvalue weighted by molar-refractivity contribution is 0.0989. The number of hydrogen-bond acceptors (Lipinski definition) is 10. The van der Waals surface area contributed by atoms with Gasteiger partial charge >= 0.3 is 0 Å². The molecule has 7 rings (SSSR count). The van der Waals surface area contributed by atoms with Crippen molar-refractivity contribution >= 4 is 44.4 Å². The molecule has 0 unspecified atom stereocenters. The summed E-state index contributed by atoms with van der Waals surface area (Å²) >= 11 is 2.82. The van der Waals surface area contributed by atoms with Crippen LogP contribution >= 0.6 is 22.7 Å². The first kappa shape index (κ1) is 26.9. The lowest BCUT2D eigenvalue weighted by atomic mass is 10.0. The van der Waals surface area contributed by atoms with E-state index in [9.17, 15) is 4.79 Å². The number of hydrogen-bond donors (Lipinski definition) is 0. The minimum absolute atomic E-state index is 0.0234. The summed E-state index contributed by atoms with van der Waals surface area (Å²) in [5.41, 5.74) is 4.57. The van der Waals surface area contributed by atoms with Crippen molar-refractivity contribution in [2.24, 2.45) is 0 Å². The molecular weight excluding hydrogens is 585 g/mol. The largest absolute Gasteiger partial charge is 0.496 e. The van der Waals surface area contributed by atoms with Crippen LogP contribution in [0.3, 0.4) is 0 Å². The molecule has 11 heteroatoms. The van der Waals surface area contributed by atoms with E-state index in [0.717, 1.165) is 27.1 Å². The Balaban J connectivity index is 1.08. The van der Waals surface area contributed by atoms with Gasteiger partial charge in [-0.15, -0.1) is 16.4 Å². The minimum atomic E-state index is -0.0234. The second-order valence-electron chi connectivity index (χ2n) is 9.69. The number of thiazole rings is 1. The third-order valence-electron chi connectivity index (χ3n) is 6.82. The topological polar surface area (TPSA) is 101 Å². The van der Waals surface area contributed by atoms with Crippen molar-refractivity contribution in [1.29, 1.82) is 0 Å². The number of Topliss-reactive ketones (excluding diaryl/α,β-unsaturated/α-hetero) is 1. The van der Waals surface area contributed by atoms with Crippen molar-refractivity contribution in [2.45, 2.75) is 13.0 Å². The van der Waals surface area contributed by atoms with Gasteiger partial charge in [-0.3, -0.25) is 4.79 Å². The Morgan fingerprint density at radius 3 is 2.63 bits per heavy atom. The van der Waals surface area contributed by atoms with Gasteiger partial charge in [0.25, 0.3) is 5.19 Å². The number of imidazole rings is 1. The van der Waals surface area contributed by atoms with Crippen molar-refractivity contribution in [1.82, 2.24) is 19.6 Å². The van der Waals surface area contributed by atoms with Gasteiger partial charge in [0.05, 0.1) is 25.8 Å². The van der Waals surface area contributed by atoms with Crippen molar-refractivity contribution in [3.63, 3.8) is 0 Å². The zero-order valence-electron chi connectivity index (χ0n) is 23.1. The van der Waals surface area contributed by atoms with Crippen LogP contribution in [0.4, 0.5) is 0 Å². The Morgan fingerprint density at radius 2 is 1.81 bits per heavy atom. The molecule has 0 radical (unpaired) electrons. The fraction of sp³-hybridized carbons (Fsp3) is 0.125. The van der Waals surface area contributed by atoms with Crippen LogP contribution in [0, 0.1) is 0 Å². The lowest BCUT2D eigenvalue weighted by Crippen LogP contribution is -2.05. The molecule has 0 bridgehead atoms. The number of carbonyl (C=O) groups is 1. The van der Waals surface area contributed by atoms with Gasteiger partial charge in [-0.05, 0) is 28.5 Å². The number of aromatic nitrogens is 4. The maximum atomic E-state index is 13.0. The number of ether oxygens (including phenoxy) is 3. The summed E-state index contributed by atoms with van der Waals surface area (Å²) in [6.45, 7) is 0.295. The molecule has 0 aliphatic heterocycles. The number of rotatable bonds is 10. The predicted molar refractivity (Wildman–Crippen MR) is 166 cm³/mol. The molecule has 0 atom stereocenters. The first-order valence-corrected chi connectivity index (χ1v) is 15.0. The second-order valence-corrected chi connectivity index (χ2v) is 11.5. The van der Waals surface area contributed by atoms with Crippen LogP contribution in [0.15, 0.2) is 88.8 Å². The van der Waals surface area contributed by atoms with Crippen molar-refractivity contribution in [2.75, 3.05) is 14.2 Å². The van der Waals surface area contributed by atoms with E-state index in [-0.39, 0.29) is 12.2 Å². The van der Waals surface area contributed by atoms with Crippen LogP contribution in [0.2, 0.25) is 0 Å². The Bertz CT molecular complexity index is 2040. The number of fused-ring (bicyclic) bond motifs is 2. The van der Waals surface area contributed by atoms with Gasteiger partial charge in [0.1, 0.15) is 40.1 Å². The van der Waals surface area contributed by atoms with Gasteiger partial charge in [0.15, 0.2) is 11.5 Å². The molecule has 0 N–H and O–H groups in total. The van der Waals surface area contributed by atoms with Crippen LogP contribution in [0.5, 0.6) is 16.7 Å². The minimum Gasteiger partial charge on any atom is -0.496 e. The van der Waals surface area contributed by atoms with E-state index in [0.29, 0.717) is 51.0 Å². The highest BCUT2D eigenvalue weighted by Crippen LogP contribution is 2.37. The van der Waals surface area contributed by atoms with Gasteiger partial charge in [-0.25, -0.2) is 14.5 Å². The number of ketones is 1. The van der Waals surface area contributed by atoms with E-state index in [1.54, 1.807) is 24.9 Å². The molecule has 0 aliphatic carbocycles. The first-order valence-electron chi connectivity index (χ1n) is 13.3. The standard InChI is InChI=1S/C32H24N4O5S2/c1-38-22-13-27(23-15-29(41-28(23)14-22)24-16-36-31(34-24)43-32(35-36)39-2)40-17-20-8-6-7-19(11-20)12-26(37)25-18-42-30(33-25)21-9-4-3-5-10-21/h3-11,13-16,18H,12,17H2,1-2H3. The van der Waals surface area contributed by atoms with Gasteiger partial charge in [-0.2, -0.15) is 0 Å². The third kappa shape index (κ3) is 5.47. The van der Waals surface area contributed by atoms with E-state index < -0.39 is 0 Å². The third-order valence-corrected chi connectivity index (χ3v) is 8.60. The molecule has 3 aromatic carbocycles. The molecule has 0 amide bonds. The van der Waals surface area contributed by atoms with E-state index in [4.69, 9.17) is 18.6 Å². The molecule has 0 saturated heterocycles. The maximum Gasteiger partial charge on any atom is 0.294 e. The Morgan fingerprint density at radius 1 is 0.953 bits per heavy atom.